The zero-order valence-corrected chi connectivity index (χ0v) is 17.1. The number of nitrogens with zero attached hydrogens (tertiary/aromatic N) is 1. The summed E-state index contributed by atoms with van der Waals surface area (Å²) < 4.78 is 11.0. The maximum absolute atomic E-state index is 12.8. The number of ether oxygens (including phenoxy) is 2. The molecule has 5 nitrogen and oxygen atoms in total. The Morgan fingerprint density at radius 1 is 1.18 bits per heavy atom. The summed E-state index contributed by atoms with van der Waals surface area (Å²) in [7, 11) is 1.28. The van der Waals surface area contributed by atoms with Gasteiger partial charge in [0, 0.05) is 5.56 Å². The van der Waals surface area contributed by atoms with Crippen molar-refractivity contribution in [1.82, 2.24) is 4.90 Å². The Labute approximate surface area is 173 Å². The van der Waals surface area contributed by atoms with E-state index in [0.29, 0.717) is 21.6 Å². The lowest BCUT2D eigenvalue weighted by molar-refractivity contribution is -0.147. The molecule has 0 spiro atoms. The zero-order chi connectivity index (χ0) is 20.1. The molecule has 0 saturated carbocycles. The maximum atomic E-state index is 12.8. The number of hydrogen-bond donors (Lipinski definition) is 0. The lowest BCUT2D eigenvalue weighted by Crippen LogP contribution is -2.42. The van der Waals surface area contributed by atoms with E-state index in [2.05, 4.69) is 0 Å². The van der Waals surface area contributed by atoms with E-state index < -0.39 is 12.0 Å². The van der Waals surface area contributed by atoms with E-state index >= 15 is 0 Å². The second-order valence-corrected chi connectivity index (χ2v) is 7.74. The highest BCUT2D eigenvalue weighted by Gasteiger charge is 2.38. The van der Waals surface area contributed by atoms with Crippen LogP contribution in [0.5, 0.6) is 5.75 Å². The van der Waals surface area contributed by atoms with E-state index in [1.54, 1.807) is 13.0 Å². The molecule has 3 rings (SSSR count). The van der Waals surface area contributed by atoms with E-state index in [1.165, 1.54) is 12.0 Å². The van der Waals surface area contributed by atoms with Gasteiger partial charge in [0.25, 0.3) is 5.91 Å². The molecule has 1 atom stereocenters. The molecular weight excluding hydrogens is 394 g/mol. The molecule has 0 N–H and O–H groups in total. The quantitative estimate of drug-likeness (QED) is 0.405. The molecule has 7 heteroatoms. The van der Waals surface area contributed by atoms with E-state index in [1.807, 2.05) is 54.6 Å². The summed E-state index contributed by atoms with van der Waals surface area (Å²) in [6.07, 6.45) is 1.74. The van der Waals surface area contributed by atoms with Gasteiger partial charge in [-0.25, -0.2) is 4.79 Å². The van der Waals surface area contributed by atoms with Crippen molar-refractivity contribution in [2.75, 3.05) is 7.11 Å². The van der Waals surface area contributed by atoms with Crippen LogP contribution in [0, 0.1) is 0 Å². The Hall–Kier alpha value is -2.64. The second-order valence-electron chi connectivity index (χ2n) is 6.06. The van der Waals surface area contributed by atoms with E-state index in [9.17, 15) is 9.59 Å². The van der Waals surface area contributed by atoms with Gasteiger partial charge in [-0.3, -0.25) is 9.69 Å². The van der Waals surface area contributed by atoms with Crippen molar-refractivity contribution in [3.8, 4) is 5.75 Å². The van der Waals surface area contributed by atoms with Crippen molar-refractivity contribution in [2.45, 2.75) is 19.6 Å². The lowest BCUT2D eigenvalue weighted by Gasteiger charge is -2.20. The molecule has 2 aromatic rings. The van der Waals surface area contributed by atoms with Gasteiger partial charge in [0.1, 0.15) is 22.7 Å². The maximum Gasteiger partial charge on any atom is 0.328 e. The van der Waals surface area contributed by atoms with E-state index in [4.69, 9.17) is 21.7 Å². The molecule has 0 bridgehead atoms. The van der Waals surface area contributed by atoms with Crippen molar-refractivity contribution in [2.24, 2.45) is 0 Å². The molecule has 1 unspecified atom stereocenters. The topological polar surface area (TPSA) is 55.8 Å². The number of thiocarbonyl (C=S) groups is 1. The van der Waals surface area contributed by atoms with Crippen LogP contribution in [0.15, 0.2) is 59.5 Å². The Kier molecular flexibility index (Phi) is 6.49. The Bertz CT molecular complexity index is 927. The Morgan fingerprint density at radius 2 is 1.86 bits per heavy atom. The van der Waals surface area contributed by atoms with Gasteiger partial charge in [-0.2, -0.15) is 0 Å². The molecule has 2 aromatic carbocycles. The largest absolute Gasteiger partial charge is 0.488 e. The van der Waals surface area contributed by atoms with Crippen LogP contribution in [0.4, 0.5) is 0 Å². The van der Waals surface area contributed by atoms with E-state index in [0.717, 1.165) is 22.9 Å². The molecule has 1 saturated heterocycles. The third-order valence-electron chi connectivity index (χ3n) is 4.20. The monoisotopic (exact) mass is 413 g/mol. The molecule has 1 aliphatic rings. The number of hydrogen-bond acceptors (Lipinski definition) is 6. The predicted molar refractivity (Wildman–Crippen MR) is 114 cm³/mol. The molecule has 0 aromatic heterocycles. The van der Waals surface area contributed by atoms with Gasteiger partial charge in [-0.15, -0.1) is 0 Å². The SMILES string of the molecule is COC(=O)C(C)N1C(=O)/C(=C/c2ccccc2OCc2ccccc2)SC1=S. The van der Waals surface area contributed by atoms with Crippen molar-refractivity contribution in [3.63, 3.8) is 0 Å². The first-order chi connectivity index (χ1) is 13.5. The molecule has 1 aliphatic heterocycles. The van der Waals surface area contributed by atoms with Gasteiger partial charge in [-0.1, -0.05) is 72.5 Å². The number of rotatable bonds is 6. The fraction of sp³-hybridized carbons (Fsp3) is 0.190. The van der Waals surface area contributed by atoms with Gasteiger partial charge in [0.2, 0.25) is 0 Å². The minimum atomic E-state index is -0.770. The fourth-order valence-corrected chi connectivity index (χ4v) is 4.11. The van der Waals surface area contributed by atoms with Crippen molar-refractivity contribution in [3.05, 3.63) is 70.6 Å². The average Bonchev–Trinajstić information content (AvgIpc) is 3.00. The number of thioether (sulfide) groups is 1. The lowest BCUT2D eigenvalue weighted by atomic mass is 10.1. The first-order valence-corrected chi connectivity index (χ1v) is 9.84. The highest BCUT2D eigenvalue weighted by Crippen LogP contribution is 2.35. The number of benzene rings is 2. The van der Waals surface area contributed by atoms with Crippen molar-refractivity contribution >= 4 is 46.3 Å². The highest BCUT2D eigenvalue weighted by molar-refractivity contribution is 8.26. The number of methoxy groups -OCH3 is 1. The molecule has 28 heavy (non-hydrogen) atoms. The molecule has 1 fully saturated rings. The molecule has 144 valence electrons. The van der Waals surface area contributed by atoms with Gasteiger partial charge in [-0.05, 0) is 24.6 Å². The summed E-state index contributed by atoms with van der Waals surface area (Å²) in [4.78, 5) is 26.3. The van der Waals surface area contributed by atoms with Crippen LogP contribution >= 0.6 is 24.0 Å². The van der Waals surface area contributed by atoms with Crippen LogP contribution in [-0.2, 0) is 20.9 Å². The zero-order valence-electron chi connectivity index (χ0n) is 15.5. The number of esters is 1. The summed E-state index contributed by atoms with van der Waals surface area (Å²) in [5, 5.41) is 0. The number of carbonyl (C=O) groups is 2. The van der Waals surface area contributed by atoms with Gasteiger partial charge in [0.05, 0.1) is 12.0 Å². The molecule has 0 aliphatic carbocycles. The van der Waals surface area contributed by atoms with Gasteiger partial charge < -0.3 is 9.47 Å². The fourth-order valence-electron chi connectivity index (χ4n) is 2.70. The number of amides is 1. The smallest absolute Gasteiger partial charge is 0.328 e. The summed E-state index contributed by atoms with van der Waals surface area (Å²) in [5.41, 5.74) is 1.82. The van der Waals surface area contributed by atoms with Crippen LogP contribution < -0.4 is 4.74 Å². The van der Waals surface area contributed by atoms with Crippen LogP contribution in [0.1, 0.15) is 18.1 Å². The summed E-state index contributed by atoms with van der Waals surface area (Å²) in [5.74, 6) is -0.160. The Balaban J connectivity index is 1.81. The standard InChI is InChI=1S/C21H19NO4S2/c1-14(20(24)25-2)22-19(23)18(28-21(22)27)12-16-10-6-7-11-17(16)26-13-15-8-4-3-5-9-15/h3-12,14H,13H2,1-2H3/b18-12-. The third kappa shape index (κ3) is 4.43. The molecular formula is C21H19NO4S2. The van der Waals surface area contributed by atoms with Crippen LogP contribution in [-0.4, -0.2) is 34.2 Å². The average molecular weight is 414 g/mol. The third-order valence-corrected chi connectivity index (χ3v) is 5.53. The molecule has 1 heterocycles. The normalized spacial score (nSPS) is 16.4. The van der Waals surface area contributed by atoms with Crippen LogP contribution in [0.2, 0.25) is 0 Å². The summed E-state index contributed by atoms with van der Waals surface area (Å²) >= 11 is 6.45. The first kappa shape index (κ1) is 20.1. The second kappa shape index (κ2) is 9.03. The van der Waals surface area contributed by atoms with E-state index in [-0.39, 0.29) is 5.91 Å². The minimum absolute atomic E-state index is 0.314. The minimum Gasteiger partial charge on any atom is -0.488 e. The number of para-hydroxylation sites is 1. The number of carbonyl (C=O) groups excluding carboxylic acids is 2. The summed E-state index contributed by atoms with van der Waals surface area (Å²) in [6.45, 7) is 2.02. The Morgan fingerprint density at radius 3 is 2.57 bits per heavy atom. The van der Waals surface area contributed by atoms with Crippen LogP contribution in [0.3, 0.4) is 0 Å². The van der Waals surface area contributed by atoms with Gasteiger partial charge in [0.15, 0.2) is 0 Å². The van der Waals surface area contributed by atoms with Gasteiger partial charge >= 0.3 is 5.97 Å². The van der Waals surface area contributed by atoms with Crippen LogP contribution in [0.25, 0.3) is 6.08 Å². The molecule has 0 radical (unpaired) electrons. The van der Waals surface area contributed by atoms with Crippen molar-refractivity contribution < 1.29 is 19.1 Å². The predicted octanol–water partition coefficient (Wildman–Crippen LogP) is 4.03. The highest BCUT2D eigenvalue weighted by atomic mass is 32.2. The summed E-state index contributed by atoms with van der Waals surface area (Å²) in [6, 6.07) is 16.5. The molecule has 1 amide bonds. The van der Waals surface area contributed by atoms with Crippen molar-refractivity contribution in [1.29, 1.82) is 0 Å². The first-order valence-electron chi connectivity index (χ1n) is 8.62.